The van der Waals surface area contributed by atoms with E-state index < -0.39 is 0 Å². The van der Waals surface area contributed by atoms with E-state index in [0.29, 0.717) is 25.1 Å². The number of hydrogen-bond donors (Lipinski definition) is 2. The van der Waals surface area contributed by atoms with E-state index in [1.807, 2.05) is 42.5 Å². The number of aliphatic imine (C=N–C) groups is 1. The highest BCUT2D eigenvalue weighted by Gasteiger charge is 2.33. The lowest BCUT2D eigenvalue weighted by molar-refractivity contribution is 0.290. The summed E-state index contributed by atoms with van der Waals surface area (Å²) in [6.07, 6.45) is 2.96. The number of ether oxygens (including phenoxy) is 1. The number of aromatic nitrogens is 1. The van der Waals surface area contributed by atoms with Gasteiger partial charge in [-0.05, 0) is 24.0 Å². The molecule has 1 aliphatic rings. The summed E-state index contributed by atoms with van der Waals surface area (Å²) >= 11 is 0. The number of guanidine groups is 1. The third-order valence-electron chi connectivity index (χ3n) is 4.17. The van der Waals surface area contributed by atoms with Crippen LogP contribution in [-0.4, -0.2) is 24.0 Å². The molecule has 0 bridgehead atoms. The molecule has 2 aromatic rings. The molecule has 1 aromatic carbocycles. The van der Waals surface area contributed by atoms with Gasteiger partial charge in [0.15, 0.2) is 5.96 Å². The fraction of sp³-hybridized carbons (Fsp3) is 0.368. The molecule has 0 amide bonds. The van der Waals surface area contributed by atoms with Crippen molar-refractivity contribution < 1.29 is 4.74 Å². The van der Waals surface area contributed by atoms with Crippen molar-refractivity contribution >= 4 is 29.9 Å². The summed E-state index contributed by atoms with van der Waals surface area (Å²) in [6.45, 7) is 3.37. The monoisotopic (exact) mass is 452 g/mol. The number of nitrogens with one attached hydrogen (secondary N) is 2. The number of nitrogens with zero attached hydrogens (tertiary/aromatic N) is 2. The maximum Gasteiger partial charge on any atom is 0.218 e. The third kappa shape index (κ3) is 5.88. The van der Waals surface area contributed by atoms with Crippen molar-refractivity contribution in [2.45, 2.75) is 32.5 Å². The standard InChI is InChI=1S/C19H24N4O.HI/c1-14-11-17(14)23-19(20-2)22-12-16-9-6-10-21-18(16)24-13-15-7-4-3-5-8-15;/h3-10,14,17H,11-13H2,1-2H3,(H2,20,22,23);1H. The molecular formula is C19H25IN4O. The van der Waals surface area contributed by atoms with Gasteiger partial charge in [0.25, 0.3) is 0 Å². The van der Waals surface area contributed by atoms with Crippen molar-refractivity contribution in [3.8, 4) is 5.88 Å². The minimum absolute atomic E-state index is 0. The molecule has 0 saturated heterocycles. The molecule has 1 heterocycles. The van der Waals surface area contributed by atoms with Crippen molar-refractivity contribution in [2.75, 3.05) is 7.05 Å². The molecule has 25 heavy (non-hydrogen) atoms. The number of rotatable bonds is 6. The van der Waals surface area contributed by atoms with Crippen molar-refractivity contribution in [1.29, 1.82) is 0 Å². The summed E-state index contributed by atoms with van der Waals surface area (Å²) in [4.78, 5) is 8.63. The lowest BCUT2D eigenvalue weighted by Gasteiger charge is -2.14. The second kappa shape index (κ2) is 9.60. The molecular weight excluding hydrogens is 427 g/mol. The Hall–Kier alpha value is -1.83. The SMILES string of the molecule is CN=C(NCc1cccnc1OCc1ccccc1)NC1CC1C.I. The first-order valence-electron chi connectivity index (χ1n) is 8.34. The van der Waals surface area contributed by atoms with E-state index in [9.17, 15) is 0 Å². The molecule has 1 aliphatic carbocycles. The largest absolute Gasteiger partial charge is 0.473 e. The normalized spacial score (nSPS) is 18.9. The summed E-state index contributed by atoms with van der Waals surface area (Å²) < 4.78 is 5.89. The van der Waals surface area contributed by atoms with E-state index in [1.54, 1.807) is 13.2 Å². The van der Waals surface area contributed by atoms with Crippen LogP contribution in [-0.2, 0) is 13.2 Å². The summed E-state index contributed by atoms with van der Waals surface area (Å²) in [7, 11) is 1.79. The fourth-order valence-corrected chi connectivity index (χ4v) is 2.49. The summed E-state index contributed by atoms with van der Waals surface area (Å²) in [5.41, 5.74) is 2.14. The van der Waals surface area contributed by atoms with E-state index in [1.165, 1.54) is 6.42 Å². The topological polar surface area (TPSA) is 58.5 Å². The molecule has 1 fully saturated rings. The van der Waals surface area contributed by atoms with Crippen LogP contribution >= 0.6 is 24.0 Å². The Labute approximate surface area is 166 Å². The summed E-state index contributed by atoms with van der Waals surface area (Å²) in [5, 5.41) is 6.75. The van der Waals surface area contributed by atoms with Gasteiger partial charge in [0.2, 0.25) is 5.88 Å². The quantitative estimate of drug-likeness (QED) is 0.401. The van der Waals surface area contributed by atoms with Crippen LogP contribution in [0.15, 0.2) is 53.7 Å². The van der Waals surface area contributed by atoms with Gasteiger partial charge in [-0.15, -0.1) is 24.0 Å². The second-order valence-electron chi connectivity index (χ2n) is 6.13. The van der Waals surface area contributed by atoms with Gasteiger partial charge in [0.05, 0.1) is 0 Å². The number of hydrogen-bond acceptors (Lipinski definition) is 3. The third-order valence-corrected chi connectivity index (χ3v) is 4.17. The van der Waals surface area contributed by atoms with Crippen LogP contribution in [0.25, 0.3) is 0 Å². The van der Waals surface area contributed by atoms with E-state index in [-0.39, 0.29) is 24.0 Å². The molecule has 3 rings (SSSR count). The maximum absolute atomic E-state index is 5.89. The first kappa shape index (κ1) is 19.5. The van der Waals surface area contributed by atoms with Crippen LogP contribution in [0.2, 0.25) is 0 Å². The smallest absolute Gasteiger partial charge is 0.218 e. The van der Waals surface area contributed by atoms with Gasteiger partial charge in [-0.2, -0.15) is 0 Å². The molecule has 0 aliphatic heterocycles. The molecule has 6 heteroatoms. The minimum Gasteiger partial charge on any atom is -0.473 e. The Morgan fingerprint density at radius 3 is 2.68 bits per heavy atom. The molecule has 1 saturated carbocycles. The van der Waals surface area contributed by atoms with E-state index in [2.05, 4.69) is 27.5 Å². The molecule has 134 valence electrons. The second-order valence-corrected chi connectivity index (χ2v) is 6.13. The minimum atomic E-state index is 0. The predicted octanol–water partition coefficient (Wildman–Crippen LogP) is 3.35. The highest BCUT2D eigenvalue weighted by Crippen LogP contribution is 2.28. The van der Waals surface area contributed by atoms with Gasteiger partial charge in [-0.1, -0.05) is 43.3 Å². The van der Waals surface area contributed by atoms with E-state index in [4.69, 9.17) is 4.74 Å². The number of benzene rings is 1. The molecule has 2 atom stereocenters. The van der Waals surface area contributed by atoms with Gasteiger partial charge in [-0.3, -0.25) is 4.99 Å². The van der Waals surface area contributed by atoms with Crippen molar-refractivity contribution in [1.82, 2.24) is 15.6 Å². The Morgan fingerprint density at radius 1 is 1.24 bits per heavy atom. The first-order valence-corrected chi connectivity index (χ1v) is 8.34. The first-order chi connectivity index (χ1) is 11.8. The lowest BCUT2D eigenvalue weighted by Crippen LogP contribution is -2.38. The number of pyridine rings is 1. The fourth-order valence-electron chi connectivity index (χ4n) is 2.49. The molecule has 2 N–H and O–H groups in total. The Kier molecular flexibility index (Phi) is 7.49. The maximum atomic E-state index is 5.89. The van der Waals surface area contributed by atoms with Gasteiger partial charge in [0, 0.05) is 31.4 Å². The van der Waals surface area contributed by atoms with Crippen molar-refractivity contribution in [3.63, 3.8) is 0 Å². The Bertz CT molecular complexity index is 693. The molecule has 0 radical (unpaired) electrons. The number of halogens is 1. The van der Waals surface area contributed by atoms with Crippen molar-refractivity contribution in [3.05, 3.63) is 59.8 Å². The molecule has 2 unspecified atom stereocenters. The molecule has 0 spiro atoms. The van der Waals surface area contributed by atoms with Gasteiger partial charge < -0.3 is 15.4 Å². The van der Waals surface area contributed by atoms with Crippen LogP contribution in [0.3, 0.4) is 0 Å². The Morgan fingerprint density at radius 2 is 2.00 bits per heavy atom. The average molecular weight is 452 g/mol. The Balaban J connectivity index is 0.00000225. The van der Waals surface area contributed by atoms with Crippen molar-refractivity contribution in [2.24, 2.45) is 10.9 Å². The van der Waals surface area contributed by atoms with Crippen LogP contribution in [0.1, 0.15) is 24.5 Å². The zero-order valence-electron chi connectivity index (χ0n) is 14.6. The zero-order chi connectivity index (χ0) is 16.8. The van der Waals surface area contributed by atoms with Crippen LogP contribution in [0.5, 0.6) is 5.88 Å². The molecule has 1 aromatic heterocycles. The van der Waals surface area contributed by atoms with Gasteiger partial charge in [-0.25, -0.2) is 4.98 Å². The lowest BCUT2D eigenvalue weighted by atomic mass is 10.2. The van der Waals surface area contributed by atoms with E-state index in [0.717, 1.165) is 23.0 Å². The van der Waals surface area contributed by atoms with Gasteiger partial charge >= 0.3 is 0 Å². The van der Waals surface area contributed by atoms with E-state index >= 15 is 0 Å². The molecule has 5 nitrogen and oxygen atoms in total. The predicted molar refractivity (Wildman–Crippen MR) is 111 cm³/mol. The average Bonchev–Trinajstić information content (AvgIpc) is 3.33. The van der Waals surface area contributed by atoms with Crippen LogP contribution < -0.4 is 15.4 Å². The van der Waals surface area contributed by atoms with Crippen LogP contribution in [0, 0.1) is 5.92 Å². The van der Waals surface area contributed by atoms with Gasteiger partial charge in [0.1, 0.15) is 6.61 Å². The van der Waals surface area contributed by atoms with Crippen LogP contribution in [0.4, 0.5) is 0 Å². The highest BCUT2D eigenvalue weighted by molar-refractivity contribution is 14.0. The zero-order valence-corrected chi connectivity index (χ0v) is 16.9. The summed E-state index contributed by atoms with van der Waals surface area (Å²) in [6, 6.07) is 14.6. The highest BCUT2D eigenvalue weighted by atomic mass is 127. The summed E-state index contributed by atoms with van der Waals surface area (Å²) in [5.74, 6) is 2.21.